The van der Waals surface area contributed by atoms with Crippen molar-refractivity contribution in [1.29, 1.82) is 0 Å². The van der Waals surface area contributed by atoms with Crippen molar-refractivity contribution in [2.45, 2.75) is 0 Å². The summed E-state index contributed by atoms with van der Waals surface area (Å²) in [5.74, 6) is 0. The van der Waals surface area contributed by atoms with Crippen molar-refractivity contribution in [2.75, 3.05) is 4.90 Å². The van der Waals surface area contributed by atoms with E-state index in [0.717, 1.165) is 45.2 Å². The minimum atomic E-state index is 1.08. The molecular weight excluding hydrogens is 777 g/mol. The lowest BCUT2D eigenvalue weighted by Gasteiger charge is -2.26. The number of anilines is 3. The molecular formula is C60H40N4. The Morgan fingerprint density at radius 3 is 1.03 bits per heavy atom. The summed E-state index contributed by atoms with van der Waals surface area (Å²) in [6.07, 6.45) is 0. The van der Waals surface area contributed by atoms with Gasteiger partial charge in [0, 0.05) is 66.4 Å². The summed E-state index contributed by atoms with van der Waals surface area (Å²) in [5, 5.41) is 7.41. The number of fused-ring (bicyclic) bond motifs is 9. The molecule has 0 amide bonds. The van der Waals surface area contributed by atoms with Gasteiger partial charge in [0.2, 0.25) is 0 Å². The van der Waals surface area contributed by atoms with Crippen LogP contribution in [-0.4, -0.2) is 13.7 Å². The van der Waals surface area contributed by atoms with E-state index in [4.69, 9.17) is 0 Å². The van der Waals surface area contributed by atoms with E-state index in [0.29, 0.717) is 0 Å². The zero-order valence-electron chi connectivity index (χ0n) is 34.9. The van der Waals surface area contributed by atoms with Crippen molar-refractivity contribution in [3.63, 3.8) is 0 Å². The summed E-state index contributed by atoms with van der Waals surface area (Å²) in [4.78, 5) is 2.42. The van der Waals surface area contributed by atoms with Crippen LogP contribution in [0.5, 0.6) is 0 Å². The van der Waals surface area contributed by atoms with E-state index in [1.807, 2.05) is 0 Å². The molecule has 0 bridgehead atoms. The fourth-order valence-electron chi connectivity index (χ4n) is 10.2. The van der Waals surface area contributed by atoms with Crippen LogP contribution in [0.25, 0.3) is 93.6 Å². The quantitative estimate of drug-likeness (QED) is 0.157. The topological polar surface area (TPSA) is 18.0 Å². The molecule has 4 heteroatoms. The Labute approximate surface area is 370 Å². The molecule has 13 aromatic rings. The molecule has 0 aliphatic heterocycles. The summed E-state index contributed by atoms with van der Waals surface area (Å²) >= 11 is 0. The van der Waals surface area contributed by atoms with Gasteiger partial charge in [-0.05, 0) is 114 Å². The molecule has 64 heavy (non-hydrogen) atoms. The van der Waals surface area contributed by atoms with E-state index in [2.05, 4.69) is 261 Å². The summed E-state index contributed by atoms with van der Waals surface area (Å²) in [6, 6.07) is 88.2. The number of hydrogen-bond donors (Lipinski definition) is 0. The van der Waals surface area contributed by atoms with Gasteiger partial charge in [0.25, 0.3) is 0 Å². The molecule has 3 heterocycles. The molecule has 0 fully saturated rings. The zero-order valence-corrected chi connectivity index (χ0v) is 34.9. The molecule has 0 aliphatic carbocycles. The normalized spacial score (nSPS) is 11.8. The van der Waals surface area contributed by atoms with Crippen LogP contribution in [0.3, 0.4) is 0 Å². The van der Waals surface area contributed by atoms with Crippen LogP contribution < -0.4 is 4.90 Å². The Morgan fingerprint density at radius 2 is 0.562 bits per heavy atom. The number of rotatable bonds is 7. The summed E-state index contributed by atoms with van der Waals surface area (Å²) in [5.41, 5.74) is 16.1. The van der Waals surface area contributed by atoms with E-state index in [9.17, 15) is 0 Å². The van der Waals surface area contributed by atoms with Gasteiger partial charge >= 0.3 is 0 Å². The highest BCUT2D eigenvalue weighted by Crippen LogP contribution is 2.43. The molecule has 0 unspecified atom stereocenters. The molecule has 0 N–H and O–H groups in total. The standard InChI is InChI=1S/C60H40N4/c1-4-16-43(17-5-1)62-57-27-15-12-24-51(57)54-38-42(30-37-58(54)62)41-28-31-46(32-29-41)61(47-33-35-52-49-22-10-13-25-55(49)63(59(52)39-47)44-18-6-2-7-19-44)48-34-36-53-50-23-11-14-26-56(50)64(60(53)40-48)45-20-8-3-9-21-45/h1-40H. The second-order valence-corrected chi connectivity index (χ2v) is 16.6. The van der Waals surface area contributed by atoms with E-state index in [1.54, 1.807) is 0 Å². The number of hydrogen-bond acceptors (Lipinski definition) is 1. The molecule has 0 atom stereocenters. The lowest BCUT2D eigenvalue weighted by atomic mass is 10.0. The van der Waals surface area contributed by atoms with E-state index < -0.39 is 0 Å². The number of benzene rings is 10. The van der Waals surface area contributed by atoms with Crippen molar-refractivity contribution in [3.8, 4) is 28.2 Å². The Balaban J connectivity index is 1.00. The van der Waals surface area contributed by atoms with Crippen molar-refractivity contribution in [3.05, 3.63) is 243 Å². The predicted octanol–water partition coefficient (Wildman–Crippen LogP) is 16.1. The van der Waals surface area contributed by atoms with Crippen molar-refractivity contribution in [1.82, 2.24) is 13.7 Å². The summed E-state index contributed by atoms with van der Waals surface area (Å²) < 4.78 is 7.17. The van der Waals surface area contributed by atoms with Crippen LogP contribution in [0.2, 0.25) is 0 Å². The molecule has 3 aromatic heterocycles. The maximum absolute atomic E-state index is 2.42. The predicted molar refractivity (Wildman–Crippen MR) is 270 cm³/mol. The van der Waals surface area contributed by atoms with Gasteiger partial charge in [-0.2, -0.15) is 0 Å². The van der Waals surface area contributed by atoms with Crippen LogP contribution >= 0.6 is 0 Å². The smallest absolute Gasteiger partial charge is 0.0561 e. The first-order chi connectivity index (χ1) is 31.8. The molecule has 10 aromatic carbocycles. The number of aromatic nitrogens is 3. The van der Waals surface area contributed by atoms with Gasteiger partial charge in [0.05, 0.1) is 33.1 Å². The molecule has 13 rings (SSSR count). The highest BCUT2D eigenvalue weighted by Gasteiger charge is 2.21. The lowest BCUT2D eigenvalue weighted by molar-refractivity contribution is 1.17. The van der Waals surface area contributed by atoms with E-state index >= 15 is 0 Å². The third-order valence-corrected chi connectivity index (χ3v) is 13.0. The minimum Gasteiger partial charge on any atom is -0.310 e. The second kappa shape index (κ2) is 14.5. The number of para-hydroxylation sites is 6. The first-order valence-corrected chi connectivity index (χ1v) is 21.9. The van der Waals surface area contributed by atoms with Gasteiger partial charge in [-0.25, -0.2) is 0 Å². The fourth-order valence-corrected chi connectivity index (χ4v) is 10.2. The van der Waals surface area contributed by atoms with E-state index in [-0.39, 0.29) is 0 Å². The van der Waals surface area contributed by atoms with Gasteiger partial charge in [0.1, 0.15) is 0 Å². The fraction of sp³-hybridized carbons (Fsp3) is 0. The maximum Gasteiger partial charge on any atom is 0.0561 e. The largest absolute Gasteiger partial charge is 0.310 e. The maximum atomic E-state index is 2.42. The van der Waals surface area contributed by atoms with Crippen molar-refractivity contribution in [2.24, 2.45) is 0 Å². The Bertz CT molecular complexity index is 3720. The van der Waals surface area contributed by atoms with Gasteiger partial charge < -0.3 is 18.6 Å². The summed E-state index contributed by atoms with van der Waals surface area (Å²) in [7, 11) is 0. The van der Waals surface area contributed by atoms with E-state index in [1.165, 1.54) is 65.5 Å². The van der Waals surface area contributed by atoms with Crippen molar-refractivity contribution < 1.29 is 0 Å². The first-order valence-electron chi connectivity index (χ1n) is 21.9. The van der Waals surface area contributed by atoms with Crippen LogP contribution in [0.4, 0.5) is 17.1 Å². The third kappa shape index (κ3) is 5.63. The van der Waals surface area contributed by atoms with Gasteiger partial charge in [-0.1, -0.05) is 140 Å². The van der Waals surface area contributed by atoms with Crippen LogP contribution in [0, 0.1) is 0 Å². The highest BCUT2D eigenvalue weighted by molar-refractivity contribution is 6.13. The number of nitrogens with zero attached hydrogens (tertiary/aromatic N) is 4. The molecule has 0 saturated carbocycles. The van der Waals surface area contributed by atoms with Gasteiger partial charge in [0.15, 0.2) is 0 Å². The second-order valence-electron chi connectivity index (χ2n) is 16.6. The molecule has 0 aliphatic rings. The lowest BCUT2D eigenvalue weighted by Crippen LogP contribution is -2.10. The SMILES string of the molecule is c1ccc(-n2c3ccccc3c3cc(-c4ccc(N(c5ccc6c7ccccc7n(-c7ccccc7)c6c5)c5ccc6c7ccccc7n(-c7ccccc7)c6c5)cc4)ccc32)cc1. The average Bonchev–Trinajstić information content (AvgIpc) is 4.00. The molecule has 300 valence electrons. The van der Waals surface area contributed by atoms with Crippen LogP contribution in [0.15, 0.2) is 243 Å². The third-order valence-electron chi connectivity index (χ3n) is 13.0. The Hall–Kier alpha value is -8.60. The van der Waals surface area contributed by atoms with Crippen molar-refractivity contribution >= 4 is 82.5 Å². The molecule has 4 nitrogen and oxygen atoms in total. The Kier molecular flexibility index (Phi) is 8.18. The first kappa shape index (κ1) is 36.1. The minimum absolute atomic E-state index is 1.08. The summed E-state index contributed by atoms with van der Waals surface area (Å²) in [6.45, 7) is 0. The average molecular weight is 817 g/mol. The Morgan fingerprint density at radius 1 is 0.219 bits per heavy atom. The molecule has 0 spiro atoms. The molecule has 0 saturated heterocycles. The van der Waals surface area contributed by atoms with Gasteiger partial charge in [-0.15, -0.1) is 0 Å². The highest BCUT2D eigenvalue weighted by atomic mass is 15.1. The van der Waals surface area contributed by atoms with Gasteiger partial charge in [-0.3, -0.25) is 0 Å². The zero-order chi connectivity index (χ0) is 42.1. The monoisotopic (exact) mass is 816 g/mol. The van der Waals surface area contributed by atoms with Crippen LogP contribution in [0.1, 0.15) is 0 Å². The molecule has 0 radical (unpaired) electrons. The van der Waals surface area contributed by atoms with Crippen LogP contribution in [-0.2, 0) is 0 Å².